The van der Waals surface area contributed by atoms with Gasteiger partial charge in [0.2, 0.25) is 5.91 Å². The second kappa shape index (κ2) is 8.89. The van der Waals surface area contributed by atoms with E-state index in [9.17, 15) is 14.4 Å². The highest BCUT2D eigenvalue weighted by Crippen LogP contribution is 2.24. The van der Waals surface area contributed by atoms with Crippen LogP contribution in [0.4, 0.5) is 0 Å². The summed E-state index contributed by atoms with van der Waals surface area (Å²) in [5.41, 5.74) is 2.02. The molecular formula is C21H20ClNO5. The van der Waals surface area contributed by atoms with Crippen LogP contribution in [0, 0.1) is 5.92 Å². The average Bonchev–Trinajstić information content (AvgIpc) is 3.08. The maximum Gasteiger partial charge on any atom is 0.337 e. The first-order valence-electron chi connectivity index (χ1n) is 8.83. The zero-order valence-electron chi connectivity index (χ0n) is 15.4. The van der Waals surface area contributed by atoms with Crippen LogP contribution in [0.5, 0.6) is 0 Å². The Bertz CT molecular complexity index is 881. The number of hydrogen-bond donors (Lipinski definition) is 0. The summed E-state index contributed by atoms with van der Waals surface area (Å²) >= 11 is 6.15. The molecule has 7 heteroatoms. The molecule has 0 N–H and O–H groups in total. The number of esters is 2. The van der Waals surface area contributed by atoms with Crippen LogP contribution in [0.25, 0.3) is 0 Å². The number of likely N-dealkylation sites (tertiary alicyclic amines) is 1. The standard InChI is InChI=1S/C21H20ClNO5/c1-27-20(25)15-8-6-14(7-9-15)13-28-21(26)17-10-19(24)23(12-17)11-16-4-2-3-5-18(16)22/h2-9,17H,10-13H2,1H3/t17-/m0/s1. The van der Waals surface area contributed by atoms with Crippen LogP contribution in [-0.2, 0) is 32.2 Å². The van der Waals surface area contributed by atoms with Gasteiger partial charge >= 0.3 is 11.9 Å². The molecule has 1 fully saturated rings. The van der Waals surface area contributed by atoms with Crippen LogP contribution in [0.15, 0.2) is 48.5 Å². The molecular weight excluding hydrogens is 382 g/mol. The number of nitrogens with zero attached hydrogens (tertiary/aromatic N) is 1. The van der Waals surface area contributed by atoms with Gasteiger partial charge in [-0.2, -0.15) is 0 Å². The van der Waals surface area contributed by atoms with E-state index < -0.39 is 17.9 Å². The molecule has 0 aromatic heterocycles. The number of methoxy groups -OCH3 is 1. The summed E-state index contributed by atoms with van der Waals surface area (Å²) in [6.07, 6.45) is 0.130. The molecule has 1 amide bonds. The van der Waals surface area contributed by atoms with E-state index in [1.54, 1.807) is 35.2 Å². The molecule has 2 aromatic carbocycles. The number of halogens is 1. The van der Waals surface area contributed by atoms with Crippen molar-refractivity contribution in [2.45, 2.75) is 19.6 Å². The van der Waals surface area contributed by atoms with Gasteiger partial charge in [0.05, 0.1) is 18.6 Å². The van der Waals surface area contributed by atoms with Crippen molar-refractivity contribution in [2.75, 3.05) is 13.7 Å². The molecule has 1 saturated heterocycles. The predicted molar refractivity (Wildman–Crippen MR) is 103 cm³/mol. The van der Waals surface area contributed by atoms with Crippen LogP contribution in [-0.4, -0.2) is 36.4 Å². The molecule has 0 radical (unpaired) electrons. The quantitative estimate of drug-likeness (QED) is 0.695. The third-order valence-electron chi connectivity index (χ3n) is 4.62. The lowest BCUT2D eigenvalue weighted by atomic mass is 10.1. The number of hydrogen-bond acceptors (Lipinski definition) is 5. The molecule has 0 spiro atoms. The molecule has 0 saturated carbocycles. The molecule has 1 aliphatic heterocycles. The van der Waals surface area contributed by atoms with E-state index in [0.29, 0.717) is 23.7 Å². The van der Waals surface area contributed by atoms with E-state index in [-0.39, 0.29) is 18.9 Å². The first-order valence-corrected chi connectivity index (χ1v) is 9.21. The Morgan fingerprint density at radius 1 is 1.14 bits per heavy atom. The number of carbonyl (C=O) groups is 3. The summed E-state index contributed by atoms with van der Waals surface area (Å²) in [5, 5.41) is 0.594. The Morgan fingerprint density at radius 3 is 2.54 bits per heavy atom. The van der Waals surface area contributed by atoms with E-state index in [2.05, 4.69) is 4.74 Å². The summed E-state index contributed by atoms with van der Waals surface area (Å²) < 4.78 is 9.99. The molecule has 0 aliphatic carbocycles. The molecule has 0 bridgehead atoms. The highest BCUT2D eigenvalue weighted by atomic mass is 35.5. The fourth-order valence-corrected chi connectivity index (χ4v) is 3.24. The Hall–Kier alpha value is -2.86. The zero-order chi connectivity index (χ0) is 20.1. The molecule has 1 heterocycles. The van der Waals surface area contributed by atoms with Gasteiger partial charge in [0.1, 0.15) is 6.61 Å². The van der Waals surface area contributed by atoms with Crippen LogP contribution in [0.2, 0.25) is 5.02 Å². The minimum absolute atomic E-state index is 0.0789. The third kappa shape index (κ3) is 4.70. The minimum Gasteiger partial charge on any atom is -0.465 e. The van der Waals surface area contributed by atoms with Gasteiger partial charge < -0.3 is 14.4 Å². The molecule has 3 rings (SSSR count). The SMILES string of the molecule is COC(=O)c1ccc(COC(=O)[C@H]2CC(=O)N(Cc3ccccc3Cl)C2)cc1. The van der Waals surface area contributed by atoms with Gasteiger partial charge in [-0.1, -0.05) is 41.9 Å². The van der Waals surface area contributed by atoms with Crippen molar-refractivity contribution in [1.29, 1.82) is 0 Å². The Labute approximate surface area is 168 Å². The monoisotopic (exact) mass is 401 g/mol. The fourth-order valence-electron chi connectivity index (χ4n) is 3.04. The number of rotatable bonds is 6. The second-order valence-corrected chi connectivity index (χ2v) is 6.97. The lowest BCUT2D eigenvalue weighted by Crippen LogP contribution is -2.26. The van der Waals surface area contributed by atoms with Gasteiger partial charge in [-0.25, -0.2) is 4.79 Å². The Kier molecular flexibility index (Phi) is 6.31. The van der Waals surface area contributed by atoms with Crippen molar-refractivity contribution >= 4 is 29.4 Å². The lowest BCUT2D eigenvalue weighted by molar-refractivity contribution is -0.149. The van der Waals surface area contributed by atoms with E-state index in [1.807, 2.05) is 18.2 Å². The van der Waals surface area contributed by atoms with Crippen molar-refractivity contribution in [3.05, 3.63) is 70.2 Å². The maximum atomic E-state index is 12.3. The van der Waals surface area contributed by atoms with Crippen molar-refractivity contribution in [2.24, 2.45) is 5.92 Å². The Balaban J connectivity index is 1.53. The minimum atomic E-state index is -0.496. The van der Waals surface area contributed by atoms with Crippen LogP contribution in [0.1, 0.15) is 27.9 Å². The van der Waals surface area contributed by atoms with Gasteiger partial charge in [0.15, 0.2) is 0 Å². The highest BCUT2D eigenvalue weighted by Gasteiger charge is 2.35. The normalized spacial score (nSPS) is 16.1. The van der Waals surface area contributed by atoms with Crippen molar-refractivity contribution in [1.82, 2.24) is 4.90 Å². The fraction of sp³-hybridized carbons (Fsp3) is 0.286. The summed E-state index contributed by atoms with van der Waals surface area (Å²) in [4.78, 5) is 37.6. The van der Waals surface area contributed by atoms with Crippen LogP contribution in [0.3, 0.4) is 0 Å². The summed E-state index contributed by atoms with van der Waals surface area (Å²) in [6, 6.07) is 13.9. The van der Waals surface area contributed by atoms with E-state index in [4.69, 9.17) is 16.3 Å². The summed E-state index contributed by atoms with van der Waals surface area (Å²) in [5.74, 6) is -1.42. The molecule has 28 heavy (non-hydrogen) atoms. The lowest BCUT2D eigenvalue weighted by Gasteiger charge is -2.17. The molecule has 2 aromatic rings. The smallest absolute Gasteiger partial charge is 0.337 e. The van der Waals surface area contributed by atoms with Crippen molar-refractivity contribution in [3.8, 4) is 0 Å². The second-order valence-electron chi connectivity index (χ2n) is 6.56. The molecule has 1 aliphatic rings. The summed E-state index contributed by atoms with van der Waals surface area (Å²) in [6.45, 7) is 0.761. The zero-order valence-corrected chi connectivity index (χ0v) is 16.1. The van der Waals surface area contributed by atoms with E-state index in [1.165, 1.54) is 7.11 Å². The first kappa shape index (κ1) is 19.9. The van der Waals surface area contributed by atoms with Gasteiger partial charge in [-0.15, -0.1) is 0 Å². The highest BCUT2D eigenvalue weighted by molar-refractivity contribution is 6.31. The van der Waals surface area contributed by atoms with Crippen LogP contribution >= 0.6 is 11.6 Å². The van der Waals surface area contributed by atoms with E-state index >= 15 is 0 Å². The van der Waals surface area contributed by atoms with Crippen LogP contribution < -0.4 is 0 Å². The molecule has 6 nitrogen and oxygen atoms in total. The van der Waals surface area contributed by atoms with Crippen molar-refractivity contribution in [3.63, 3.8) is 0 Å². The van der Waals surface area contributed by atoms with E-state index in [0.717, 1.165) is 11.1 Å². The number of carbonyl (C=O) groups excluding carboxylic acids is 3. The van der Waals surface area contributed by atoms with Gasteiger partial charge in [0.25, 0.3) is 0 Å². The molecule has 0 unspecified atom stereocenters. The van der Waals surface area contributed by atoms with Gasteiger partial charge in [-0.05, 0) is 29.3 Å². The molecule has 146 valence electrons. The number of ether oxygens (including phenoxy) is 2. The number of benzene rings is 2. The maximum absolute atomic E-state index is 12.3. The van der Waals surface area contributed by atoms with Gasteiger partial charge in [0, 0.05) is 24.5 Å². The average molecular weight is 402 g/mol. The topological polar surface area (TPSA) is 72.9 Å². The molecule has 1 atom stereocenters. The number of amides is 1. The first-order chi connectivity index (χ1) is 13.5. The van der Waals surface area contributed by atoms with Crippen molar-refractivity contribution < 1.29 is 23.9 Å². The predicted octanol–water partition coefficient (Wildman–Crippen LogP) is 3.22. The summed E-state index contributed by atoms with van der Waals surface area (Å²) in [7, 11) is 1.32. The third-order valence-corrected chi connectivity index (χ3v) is 4.99. The largest absolute Gasteiger partial charge is 0.465 e. The van der Waals surface area contributed by atoms with Gasteiger partial charge in [-0.3, -0.25) is 9.59 Å². The Morgan fingerprint density at radius 2 is 1.86 bits per heavy atom.